The molecule has 2 aromatic rings. The molecular formula is C17H18N2O3. The number of ketones is 1. The minimum Gasteiger partial charge on any atom is -0.497 e. The van der Waals surface area contributed by atoms with E-state index in [1.807, 2.05) is 24.3 Å². The predicted molar refractivity (Wildman–Crippen MR) is 82.7 cm³/mol. The summed E-state index contributed by atoms with van der Waals surface area (Å²) in [6, 6.07) is 11.1. The number of carbonyl (C=O) groups is 2. The molecule has 0 unspecified atom stereocenters. The van der Waals surface area contributed by atoms with Crippen molar-refractivity contribution in [2.45, 2.75) is 12.8 Å². The predicted octanol–water partition coefficient (Wildman–Crippen LogP) is 1.56. The van der Waals surface area contributed by atoms with Crippen LogP contribution in [0.1, 0.15) is 11.1 Å². The first kappa shape index (κ1) is 15.7. The van der Waals surface area contributed by atoms with Crippen molar-refractivity contribution in [1.29, 1.82) is 0 Å². The highest BCUT2D eigenvalue weighted by Gasteiger charge is 2.13. The maximum absolute atomic E-state index is 11.8. The van der Waals surface area contributed by atoms with Crippen LogP contribution in [-0.4, -0.2) is 30.3 Å². The van der Waals surface area contributed by atoms with E-state index < -0.39 is 11.7 Å². The molecule has 1 aromatic heterocycles. The number of benzene rings is 1. The van der Waals surface area contributed by atoms with Crippen LogP contribution in [0.25, 0.3) is 0 Å². The van der Waals surface area contributed by atoms with Crippen LogP contribution < -0.4 is 10.1 Å². The van der Waals surface area contributed by atoms with Crippen molar-refractivity contribution >= 4 is 11.7 Å². The van der Waals surface area contributed by atoms with Crippen molar-refractivity contribution in [3.63, 3.8) is 0 Å². The Morgan fingerprint density at radius 2 is 1.73 bits per heavy atom. The lowest BCUT2D eigenvalue weighted by Crippen LogP contribution is -2.33. The second-order valence-electron chi connectivity index (χ2n) is 4.81. The third-order valence-electron chi connectivity index (χ3n) is 3.23. The van der Waals surface area contributed by atoms with Crippen LogP contribution in [-0.2, 0) is 22.4 Å². The second kappa shape index (κ2) is 7.93. The molecule has 0 atom stereocenters. The van der Waals surface area contributed by atoms with Gasteiger partial charge in [-0.25, -0.2) is 0 Å². The molecule has 1 amide bonds. The summed E-state index contributed by atoms with van der Waals surface area (Å²) in [5, 5.41) is 2.64. The Balaban J connectivity index is 1.76. The minimum absolute atomic E-state index is 0.0941. The van der Waals surface area contributed by atoms with Crippen molar-refractivity contribution in [2.75, 3.05) is 13.7 Å². The molecule has 0 aliphatic heterocycles. The Labute approximate surface area is 129 Å². The topological polar surface area (TPSA) is 68.3 Å². The van der Waals surface area contributed by atoms with Crippen LogP contribution in [0.5, 0.6) is 5.75 Å². The summed E-state index contributed by atoms with van der Waals surface area (Å²) in [5.41, 5.74) is 1.85. The van der Waals surface area contributed by atoms with Crippen LogP contribution in [0.3, 0.4) is 0 Å². The van der Waals surface area contributed by atoms with Gasteiger partial charge in [0.15, 0.2) is 0 Å². The Morgan fingerprint density at radius 3 is 2.36 bits per heavy atom. The number of ether oxygens (including phenoxy) is 1. The molecule has 114 valence electrons. The number of hydrogen-bond donors (Lipinski definition) is 1. The molecule has 1 aromatic carbocycles. The summed E-state index contributed by atoms with van der Waals surface area (Å²) < 4.78 is 5.08. The molecule has 2 rings (SSSR count). The molecule has 0 fully saturated rings. The van der Waals surface area contributed by atoms with E-state index in [0.29, 0.717) is 13.0 Å². The molecule has 0 spiro atoms. The molecule has 1 heterocycles. The monoisotopic (exact) mass is 298 g/mol. The van der Waals surface area contributed by atoms with E-state index in [1.54, 1.807) is 31.6 Å². The highest BCUT2D eigenvalue weighted by Crippen LogP contribution is 2.11. The molecule has 0 radical (unpaired) electrons. The van der Waals surface area contributed by atoms with Crippen molar-refractivity contribution < 1.29 is 14.3 Å². The largest absolute Gasteiger partial charge is 0.497 e. The molecule has 5 heteroatoms. The van der Waals surface area contributed by atoms with Gasteiger partial charge in [0.25, 0.3) is 5.91 Å². The van der Waals surface area contributed by atoms with Gasteiger partial charge in [0.1, 0.15) is 5.75 Å². The summed E-state index contributed by atoms with van der Waals surface area (Å²) in [6.45, 7) is 0.424. The smallest absolute Gasteiger partial charge is 0.287 e. The van der Waals surface area contributed by atoms with Gasteiger partial charge in [0.05, 0.1) is 7.11 Å². The van der Waals surface area contributed by atoms with Crippen LogP contribution in [0.4, 0.5) is 0 Å². The van der Waals surface area contributed by atoms with E-state index in [2.05, 4.69) is 10.3 Å². The average Bonchev–Trinajstić information content (AvgIpc) is 2.56. The Bertz CT molecular complexity index is 624. The number of methoxy groups -OCH3 is 1. The number of nitrogens with zero attached hydrogens (tertiary/aromatic N) is 1. The van der Waals surface area contributed by atoms with E-state index in [4.69, 9.17) is 4.74 Å². The number of amides is 1. The minimum atomic E-state index is -0.551. The molecule has 1 N–H and O–H groups in total. The highest BCUT2D eigenvalue weighted by atomic mass is 16.5. The number of hydrogen-bond acceptors (Lipinski definition) is 4. The van der Waals surface area contributed by atoms with E-state index in [-0.39, 0.29) is 6.42 Å². The zero-order valence-corrected chi connectivity index (χ0v) is 12.4. The van der Waals surface area contributed by atoms with Crippen molar-refractivity contribution in [3.8, 4) is 5.75 Å². The SMILES string of the molecule is COc1ccc(CCNC(=O)C(=O)Cc2ccncc2)cc1. The van der Waals surface area contributed by atoms with Gasteiger partial charge in [-0.2, -0.15) is 0 Å². The number of aromatic nitrogens is 1. The highest BCUT2D eigenvalue weighted by molar-refractivity contribution is 6.36. The third-order valence-corrected chi connectivity index (χ3v) is 3.23. The lowest BCUT2D eigenvalue weighted by atomic mass is 10.1. The zero-order chi connectivity index (χ0) is 15.8. The Hall–Kier alpha value is -2.69. The lowest BCUT2D eigenvalue weighted by Gasteiger charge is -2.06. The quantitative estimate of drug-likeness (QED) is 0.788. The normalized spacial score (nSPS) is 10.0. The van der Waals surface area contributed by atoms with E-state index in [1.165, 1.54) is 0 Å². The summed E-state index contributed by atoms with van der Waals surface area (Å²) in [5.74, 6) is -0.202. The van der Waals surface area contributed by atoms with Gasteiger partial charge in [0.2, 0.25) is 5.78 Å². The average molecular weight is 298 g/mol. The Morgan fingerprint density at radius 1 is 1.05 bits per heavy atom. The van der Waals surface area contributed by atoms with Gasteiger partial charge in [-0.15, -0.1) is 0 Å². The van der Waals surface area contributed by atoms with Gasteiger partial charge in [-0.05, 0) is 41.8 Å². The summed E-state index contributed by atoms with van der Waals surface area (Å²) in [4.78, 5) is 27.4. The molecule has 0 aliphatic rings. The van der Waals surface area contributed by atoms with Crippen molar-refractivity contribution in [1.82, 2.24) is 10.3 Å². The first-order valence-electron chi connectivity index (χ1n) is 7.02. The van der Waals surface area contributed by atoms with Crippen molar-refractivity contribution in [2.24, 2.45) is 0 Å². The maximum atomic E-state index is 11.8. The van der Waals surface area contributed by atoms with Crippen LogP contribution >= 0.6 is 0 Å². The summed E-state index contributed by atoms with van der Waals surface area (Å²) in [6.07, 6.45) is 3.96. The van der Waals surface area contributed by atoms with Gasteiger partial charge in [-0.3, -0.25) is 14.6 Å². The van der Waals surface area contributed by atoms with E-state index in [9.17, 15) is 9.59 Å². The molecule has 0 saturated heterocycles. The molecule has 5 nitrogen and oxygen atoms in total. The molecule has 0 bridgehead atoms. The van der Waals surface area contributed by atoms with Crippen LogP contribution in [0, 0.1) is 0 Å². The maximum Gasteiger partial charge on any atom is 0.287 e. The molecule has 22 heavy (non-hydrogen) atoms. The van der Waals surface area contributed by atoms with Crippen LogP contribution in [0.2, 0.25) is 0 Å². The lowest BCUT2D eigenvalue weighted by molar-refractivity contribution is -0.137. The van der Waals surface area contributed by atoms with Crippen molar-refractivity contribution in [3.05, 3.63) is 59.9 Å². The summed E-state index contributed by atoms with van der Waals surface area (Å²) >= 11 is 0. The fraction of sp³-hybridized carbons (Fsp3) is 0.235. The number of rotatable bonds is 7. The molecule has 0 saturated carbocycles. The van der Waals surface area contributed by atoms with E-state index in [0.717, 1.165) is 16.9 Å². The number of Topliss-reactive ketones (excluding diaryl/α,β-unsaturated/α-hetero) is 1. The van der Waals surface area contributed by atoms with Gasteiger partial charge in [0, 0.05) is 25.4 Å². The second-order valence-corrected chi connectivity index (χ2v) is 4.81. The zero-order valence-electron chi connectivity index (χ0n) is 12.4. The first-order chi connectivity index (χ1) is 10.7. The van der Waals surface area contributed by atoms with E-state index >= 15 is 0 Å². The fourth-order valence-corrected chi connectivity index (χ4v) is 1.98. The Kier molecular flexibility index (Phi) is 5.65. The van der Waals surface area contributed by atoms with Gasteiger partial charge in [-0.1, -0.05) is 12.1 Å². The molecule has 0 aliphatic carbocycles. The standard InChI is InChI=1S/C17H18N2O3/c1-22-15-4-2-13(3-5-15)8-11-19-17(21)16(20)12-14-6-9-18-10-7-14/h2-7,9-10H,8,11-12H2,1H3,(H,19,21). The number of pyridine rings is 1. The van der Waals surface area contributed by atoms with Gasteiger partial charge < -0.3 is 10.1 Å². The molecular weight excluding hydrogens is 280 g/mol. The summed E-state index contributed by atoms with van der Waals surface area (Å²) in [7, 11) is 1.61. The van der Waals surface area contributed by atoms with Gasteiger partial charge >= 0.3 is 0 Å². The first-order valence-corrected chi connectivity index (χ1v) is 7.02. The fourth-order valence-electron chi connectivity index (χ4n) is 1.98. The number of carbonyl (C=O) groups excluding carboxylic acids is 2. The van der Waals surface area contributed by atoms with Crippen LogP contribution in [0.15, 0.2) is 48.8 Å². The third kappa shape index (κ3) is 4.70. The number of nitrogens with one attached hydrogen (secondary N) is 1.